The summed E-state index contributed by atoms with van der Waals surface area (Å²) < 4.78 is 0. The van der Waals surface area contributed by atoms with Gasteiger partial charge in [0.1, 0.15) is 0 Å². The third kappa shape index (κ3) is 3.62. The lowest BCUT2D eigenvalue weighted by Gasteiger charge is -2.15. The molecule has 4 aromatic carbocycles. The van der Waals surface area contributed by atoms with E-state index >= 15 is 0 Å². The smallest absolute Gasteiger partial charge is 0.266 e. The van der Waals surface area contributed by atoms with Gasteiger partial charge in [0.05, 0.1) is 33.6 Å². The monoisotopic (exact) mass is 508 g/mol. The van der Waals surface area contributed by atoms with E-state index in [1.807, 2.05) is 12.1 Å². The van der Waals surface area contributed by atoms with Crippen LogP contribution in [0.4, 0.5) is 11.4 Å². The number of hydrogen-bond acceptors (Lipinski definition) is 6. The SMILES string of the molecule is O=C1c2ccccc2C(=O)N1c1cccc(SSc2cccc(N3C(=O)c4ccccc4C3=O)c2)c1. The summed E-state index contributed by atoms with van der Waals surface area (Å²) >= 11 is 0. The van der Waals surface area contributed by atoms with Crippen LogP contribution in [-0.2, 0) is 0 Å². The molecule has 6 nitrogen and oxygen atoms in total. The van der Waals surface area contributed by atoms with Crippen LogP contribution in [0.1, 0.15) is 41.4 Å². The molecular weight excluding hydrogens is 492 g/mol. The van der Waals surface area contributed by atoms with E-state index in [0.717, 1.165) is 9.79 Å². The quantitative estimate of drug-likeness (QED) is 0.240. The molecule has 174 valence electrons. The fourth-order valence-electron chi connectivity index (χ4n) is 4.29. The summed E-state index contributed by atoms with van der Waals surface area (Å²) in [5.41, 5.74) is 2.62. The van der Waals surface area contributed by atoms with Gasteiger partial charge in [0.2, 0.25) is 0 Å². The van der Waals surface area contributed by atoms with E-state index in [0.29, 0.717) is 33.6 Å². The third-order valence-corrected chi connectivity index (χ3v) is 8.35. The minimum atomic E-state index is -0.334. The van der Waals surface area contributed by atoms with Crippen molar-refractivity contribution in [2.75, 3.05) is 9.80 Å². The predicted molar refractivity (Wildman–Crippen MR) is 140 cm³/mol. The van der Waals surface area contributed by atoms with E-state index in [-0.39, 0.29) is 23.6 Å². The molecule has 0 atom stereocenters. The van der Waals surface area contributed by atoms with Crippen LogP contribution in [0.5, 0.6) is 0 Å². The predicted octanol–water partition coefficient (Wildman–Crippen LogP) is 6.09. The van der Waals surface area contributed by atoms with Crippen LogP contribution < -0.4 is 9.80 Å². The molecule has 0 aliphatic carbocycles. The molecule has 0 bridgehead atoms. The van der Waals surface area contributed by atoms with Gasteiger partial charge in [-0.05, 0) is 60.7 Å². The van der Waals surface area contributed by atoms with Crippen molar-refractivity contribution in [3.8, 4) is 0 Å². The van der Waals surface area contributed by atoms with E-state index < -0.39 is 0 Å². The molecule has 2 aliphatic heterocycles. The fourth-order valence-corrected chi connectivity index (χ4v) is 6.29. The van der Waals surface area contributed by atoms with Crippen molar-refractivity contribution < 1.29 is 19.2 Å². The Labute approximate surface area is 214 Å². The highest BCUT2D eigenvalue weighted by molar-refractivity contribution is 8.76. The maximum atomic E-state index is 12.8. The zero-order valence-corrected chi connectivity index (χ0v) is 20.2. The second-order valence-corrected chi connectivity index (χ2v) is 10.4. The third-order valence-electron chi connectivity index (χ3n) is 5.97. The van der Waals surface area contributed by atoms with Crippen molar-refractivity contribution in [3.05, 3.63) is 119 Å². The van der Waals surface area contributed by atoms with E-state index in [4.69, 9.17) is 0 Å². The highest BCUT2D eigenvalue weighted by Gasteiger charge is 2.37. The van der Waals surface area contributed by atoms with E-state index in [1.165, 1.54) is 31.4 Å². The van der Waals surface area contributed by atoms with Crippen molar-refractivity contribution in [2.24, 2.45) is 0 Å². The van der Waals surface area contributed by atoms with Crippen molar-refractivity contribution >= 4 is 56.6 Å². The van der Waals surface area contributed by atoms with Gasteiger partial charge in [-0.2, -0.15) is 0 Å². The molecule has 8 heteroatoms. The summed E-state index contributed by atoms with van der Waals surface area (Å²) in [7, 11) is 2.90. The standard InChI is InChI=1S/C28H16N2O4S2/c31-25-21-11-1-2-12-22(21)26(32)29(25)17-7-5-9-19(15-17)35-36-20-10-6-8-18(16-20)30-27(33)23-13-3-4-14-24(23)28(30)34/h1-16H. The second kappa shape index (κ2) is 8.82. The van der Waals surface area contributed by atoms with Gasteiger partial charge in [-0.3, -0.25) is 19.2 Å². The number of anilines is 2. The number of amides is 4. The molecule has 0 unspecified atom stereocenters. The minimum Gasteiger partial charge on any atom is -0.268 e. The zero-order valence-electron chi connectivity index (χ0n) is 18.6. The molecule has 0 radical (unpaired) electrons. The molecule has 2 aliphatic rings. The van der Waals surface area contributed by atoms with Crippen LogP contribution in [-0.4, -0.2) is 23.6 Å². The molecular formula is C28H16N2O4S2. The summed E-state index contributed by atoms with van der Waals surface area (Å²) in [5.74, 6) is -1.34. The number of hydrogen-bond donors (Lipinski definition) is 0. The molecule has 0 N–H and O–H groups in total. The van der Waals surface area contributed by atoms with Crippen molar-refractivity contribution in [2.45, 2.75) is 9.79 Å². The van der Waals surface area contributed by atoms with Gasteiger partial charge in [-0.15, -0.1) is 0 Å². The Balaban J connectivity index is 1.20. The molecule has 0 fully saturated rings. The Morgan fingerprint density at radius 1 is 0.417 bits per heavy atom. The number of fused-ring (bicyclic) bond motifs is 2. The first-order chi connectivity index (χ1) is 17.5. The van der Waals surface area contributed by atoms with Crippen molar-refractivity contribution in [1.29, 1.82) is 0 Å². The van der Waals surface area contributed by atoms with E-state index in [2.05, 4.69) is 0 Å². The first-order valence-electron chi connectivity index (χ1n) is 11.0. The lowest BCUT2D eigenvalue weighted by molar-refractivity contribution is 0.0910. The van der Waals surface area contributed by atoms with E-state index in [1.54, 1.807) is 84.9 Å². The lowest BCUT2D eigenvalue weighted by Crippen LogP contribution is -2.29. The summed E-state index contributed by atoms with van der Waals surface area (Å²) in [6.45, 7) is 0. The van der Waals surface area contributed by atoms with Crippen LogP contribution in [0.15, 0.2) is 107 Å². The molecule has 0 spiro atoms. The molecule has 4 aromatic rings. The van der Waals surface area contributed by atoms with Gasteiger partial charge in [0.25, 0.3) is 23.6 Å². The van der Waals surface area contributed by atoms with Crippen molar-refractivity contribution in [1.82, 2.24) is 0 Å². The molecule has 2 heterocycles. The number of imide groups is 2. The highest BCUT2D eigenvalue weighted by atomic mass is 33.1. The molecule has 0 aromatic heterocycles. The summed E-state index contributed by atoms with van der Waals surface area (Å²) in [6, 6.07) is 28.1. The number of nitrogens with zero attached hydrogens (tertiary/aromatic N) is 2. The summed E-state index contributed by atoms with van der Waals surface area (Å²) in [5, 5.41) is 0. The van der Waals surface area contributed by atoms with Crippen molar-refractivity contribution in [3.63, 3.8) is 0 Å². The van der Waals surface area contributed by atoms with Gasteiger partial charge in [-0.1, -0.05) is 58.0 Å². The average Bonchev–Trinajstić information content (AvgIpc) is 3.32. The van der Waals surface area contributed by atoms with Gasteiger partial charge < -0.3 is 0 Å². The molecule has 36 heavy (non-hydrogen) atoms. The van der Waals surface area contributed by atoms with Crippen LogP contribution in [0.3, 0.4) is 0 Å². The topological polar surface area (TPSA) is 74.8 Å². The average molecular weight is 509 g/mol. The maximum Gasteiger partial charge on any atom is 0.266 e. The number of carbonyl (C=O) groups is 4. The summed E-state index contributed by atoms with van der Waals surface area (Å²) in [6.07, 6.45) is 0. The summed E-state index contributed by atoms with van der Waals surface area (Å²) in [4.78, 5) is 55.4. The Bertz CT molecular complexity index is 1410. The van der Waals surface area contributed by atoms with Gasteiger partial charge in [-0.25, -0.2) is 9.80 Å². The largest absolute Gasteiger partial charge is 0.268 e. The van der Waals surface area contributed by atoms with Crippen LogP contribution in [0.25, 0.3) is 0 Å². The Morgan fingerprint density at radius 2 is 0.750 bits per heavy atom. The lowest BCUT2D eigenvalue weighted by atomic mass is 10.1. The van der Waals surface area contributed by atoms with Gasteiger partial charge in [0.15, 0.2) is 0 Å². The fraction of sp³-hybridized carbons (Fsp3) is 0. The van der Waals surface area contributed by atoms with E-state index in [9.17, 15) is 19.2 Å². The Hall–Kier alpha value is -4.14. The minimum absolute atomic E-state index is 0.334. The first-order valence-corrected chi connectivity index (χ1v) is 13.2. The molecule has 0 saturated carbocycles. The number of rotatable bonds is 5. The normalized spacial score (nSPS) is 14.4. The first kappa shape index (κ1) is 22.3. The molecule has 6 rings (SSSR count). The zero-order chi connectivity index (χ0) is 24.8. The maximum absolute atomic E-state index is 12.8. The van der Waals surface area contributed by atoms with Crippen LogP contribution in [0.2, 0.25) is 0 Å². The second-order valence-electron chi connectivity index (χ2n) is 8.14. The van der Waals surface area contributed by atoms with Crippen LogP contribution >= 0.6 is 21.6 Å². The number of benzene rings is 4. The Kier molecular flexibility index (Phi) is 5.47. The van der Waals surface area contributed by atoms with Gasteiger partial charge >= 0.3 is 0 Å². The molecule has 0 saturated heterocycles. The van der Waals surface area contributed by atoms with Gasteiger partial charge in [0, 0.05) is 9.79 Å². The molecule has 4 amide bonds. The van der Waals surface area contributed by atoms with Crippen LogP contribution in [0, 0.1) is 0 Å². The Morgan fingerprint density at radius 3 is 1.08 bits per heavy atom. The highest BCUT2D eigenvalue weighted by Crippen LogP contribution is 2.41. The number of carbonyl (C=O) groups excluding carboxylic acids is 4.